The molecule has 1 fully saturated rings. The molecule has 0 saturated carbocycles. The lowest BCUT2D eigenvalue weighted by molar-refractivity contribution is 0.400. The van der Waals surface area contributed by atoms with Crippen molar-refractivity contribution in [3.8, 4) is 0 Å². The number of hydrogen-bond acceptors (Lipinski definition) is 3. The van der Waals surface area contributed by atoms with Crippen molar-refractivity contribution < 1.29 is 8.42 Å². The highest BCUT2D eigenvalue weighted by atomic mass is 32.2. The van der Waals surface area contributed by atoms with E-state index in [9.17, 15) is 8.42 Å². The Morgan fingerprint density at radius 2 is 1.88 bits per heavy atom. The van der Waals surface area contributed by atoms with Crippen LogP contribution in [0.15, 0.2) is 0 Å². The van der Waals surface area contributed by atoms with Gasteiger partial charge in [-0.1, -0.05) is 26.2 Å². The van der Waals surface area contributed by atoms with E-state index in [1.54, 1.807) is 0 Å². The summed E-state index contributed by atoms with van der Waals surface area (Å²) in [6, 6.07) is 0. The molecule has 5 heteroatoms. The molecule has 102 valence electrons. The number of rotatable bonds is 8. The average molecular weight is 262 g/mol. The Morgan fingerprint density at radius 1 is 1.18 bits per heavy atom. The van der Waals surface area contributed by atoms with Crippen LogP contribution in [-0.2, 0) is 10.0 Å². The van der Waals surface area contributed by atoms with Crippen molar-refractivity contribution in [3.63, 3.8) is 0 Å². The van der Waals surface area contributed by atoms with Crippen molar-refractivity contribution in [2.75, 3.05) is 25.4 Å². The maximum Gasteiger partial charge on any atom is 0.211 e. The van der Waals surface area contributed by atoms with Gasteiger partial charge in [0.25, 0.3) is 0 Å². The molecule has 0 aliphatic carbocycles. The van der Waals surface area contributed by atoms with E-state index in [0.29, 0.717) is 18.2 Å². The summed E-state index contributed by atoms with van der Waals surface area (Å²) >= 11 is 0. The number of hydrogen-bond donors (Lipinski definition) is 2. The Hall–Kier alpha value is -0.130. The summed E-state index contributed by atoms with van der Waals surface area (Å²) in [7, 11) is -3.05. The molecular formula is C12H26N2O2S. The summed E-state index contributed by atoms with van der Waals surface area (Å²) in [4.78, 5) is 0. The summed E-state index contributed by atoms with van der Waals surface area (Å²) in [5.74, 6) is 0.645. The van der Waals surface area contributed by atoms with Gasteiger partial charge in [-0.25, -0.2) is 13.1 Å². The van der Waals surface area contributed by atoms with Gasteiger partial charge >= 0.3 is 0 Å². The molecule has 0 amide bonds. The summed E-state index contributed by atoms with van der Waals surface area (Å²) in [6.07, 6.45) is 6.41. The number of piperidine rings is 1. The Balaban J connectivity index is 2.16. The van der Waals surface area contributed by atoms with Crippen LogP contribution in [0.3, 0.4) is 0 Å². The zero-order valence-corrected chi connectivity index (χ0v) is 11.7. The zero-order valence-electron chi connectivity index (χ0n) is 10.9. The highest BCUT2D eigenvalue weighted by molar-refractivity contribution is 7.89. The molecule has 1 rings (SSSR count). The Morgan fingerprint density at radius 3 is 2.53 bits per heavy atom. The predicted molar refractivity (Wildman–Crippen MR) is 71.5 cm³/mol. The lowest BCUT2D eigenvalue weighted by Crippen LogP contribution is -2.35. The van der Waals surface area contributed by atoms with Crippen molar-refractivity contribution in [1.82, 2.24) is 10.0 Å². The molecule has 1 aliphatic heterocycles. The summed E-state index contributed by atoms with van der Waals surface area (Å²) in [5.41, 5.74) is 0. The van der Waals surface area contributed by atoms with Crippen LogP contribution < -0.4 is 10.0 Å². The SMILES string of the molecule is CCCCCCNS(=O)(=O)CC1CCNCC1. The summed E-state index contributed by atoms with van der Waals surface area (Å²) in [6.45, 7) is 4.67. The largest absolute Gasteiger partial charge is 0.317 e. The van der Waals surface area contributed by atoms with Crippen molar-refractivity contribution in [1.29, 1.82) is 0 Å². The van der Waals surface area contributed by atoms with Crippen LogP contribution in [0.2, 0.25) is 0 Å². The van der Waals surface area contributed by atoms with E-state index in [1.165, 1.54) is 12.8 Å². The molecule has 0 aromatic rings. The third kappa shape index (κ3) is 7.01. The molecule has 0 aromatic heterocycles. The van der Waals surface area contributed by atoms with Crippen LogP contribution in [0.4, 0.5) is 0 Å². The Kier molecular flexibility index (Phi) is 7.08. The number of nitrogens with one attached hydrogen (secondary N) is 2. The fraction of sp³-hybridized carbons (Fsp3) is 1.00. The quantitative estimate of drug-likeness (QED) is 0.652. The van der Waals surface area contributed by atoms with Crippen LogP contribution in [0, 0.1) is 5.92 Å². The molecule has 0 radical (unpaired) electrons. The van der Waals surface area contributed by atoms with Crippen LogP contribution in [0.5, 0.6) is 0 Å². The standard InChI is InChI=1S/C12H26N2O2S/c1-2-3-4-5-8-14-17(15,16)11-12-6-9-13-10-7-12/h12-14H,2-11H2,1H3. The van der Waals surface area contributed by atoms with E-state index in [2.05, 4.69) is 17.0 Å². The number of sulfonamides is 1. The predicted octanol–water partition coefficient (Wildman–Crippen LogP) is 1.49. The molecule has 0 aromatic carbocycles. The molecule has 0 spiro atoms. The first-order valence-corrected chi connectivity index (χ1v) is 8.47. The van der Waals surface area contributed by atoms with Gasteiger partial charge < -0.3 is 5.32 Å². The van der Waals surface area contributed by atoms with E-state index < -0.39 is 10.0 Å². The fourth-order valence-corrected chi connectivity index (χ4v) is 3.72. The van der Waals surface area contributed by atoms with Crippen LogP contribution in [0.1, 0.15) is 45.4 Å². The third-order valence-corrected chi connectivity index (χ3v) is 4.82. The maximum absolute atomic E-state index is 11.8. The van der Waals surface area contributed by atoms with Crippen molar-refractivity contribution >= 4 is 10.0 Å². The first-order chi connectivity index (χ1) is 8.14. The van der Waals surface area contributed by atoms with Gasteiger partial charge in [0.05, 0.1) is 5.75 Å². The van der Waals surface area contributed by atoms with Gasteiger partial charge in [-0.15, -0.1) is 0 Å². The minimum atomic E-state index is -3.05. The molecular weight excluding hydrogens is 236 g/mol. The topological polar surface area (TPSA) is 58.2 Å². The highest BCUT2D eigenvalue weighted by Gasteiger charge is 2.20. The molecule has 17 heavy (non-hydrogen) atoms. The Labute approximate surface area is 106 Å². The first kappa shape index (κ1) is 14.9. The third-order valence-electron chi connectivity index (χ3n) is 3.27. The molecule has 1 heterocycles. The van der Waals surface area contributed by atoms with E-state index in [0.717, 1.165) is 38.8 Å². The van der Waals surface area contributed by atoms with E-state index in [1.807, 2.05) is 0 Å². The van der Waals surface area contributed by atoms with Gasteiger partial charge in [-0.2, -0.15) is 0 Å². The molecule has 0 bridgehead atoms. The van der Waals surface area contributed by atoms with Gasteiger partial charge in [-0.05, 0) is 38.3 Å². The van der Waals surface area contributed by atoms with E-state index >= 15 is 0 Å². The zero-order chi connectivity index (χ0) is 12.6. The second-order valence-corrected chi connectivity index (χ2v) is 6.78. The van der Waals surface area contributed by atoms with Crippen molar-refractivity contribution in [2.24, 2.45) is 5.92 Å². The second kappa shape index (κ2) is 8.06. The van der Waals surface area contributed by atoms with E-state index in [-0.39, 0.29) is 0 Å². The Bertz CT molecular complexity index is 285. The average Bonchev–Trinajstić information content (AvgIpc) is 2.29. The molecule has 0 atom stereocenters. The normalized spacial score (nSPS) is 18.4. The van der Waals surface area contributed by atoms with Crippen LogP contribution in [0.25, 0.3) is 0 Å². The monoisotopic (exact) mass is 262 g/mol. The minimum Gasteiger partial charge on any atom is -0.317 e. The summed E-state index contributed by atoms with van der Waals surface area (Å²) in [5, 5.41) is 3.25. The fourth-order valence-electron chi connectivity index (χ4n) is 2.20. The van der Waals surface area contributed by atoms with Crippen molar-refractivity contribution in [2.45, 2.75) is 45.4 Å². The molecule has 1 aliphatic rings. The second-order valence-electron chi connectivity index (χ2n) is 4.93. The van der Waals surface area contributed by atoms with Crippen LogP contribution in [-0.4, -0.2) is 33.8 Å². The van der Waals surface area contributed by atoms with Gasteiger partial charge in [0.2, 0.25) is 10.0 Å². The minimum absolute atomic E-state index is 0.308. The summed E-state index contributed by atoms with van der Waals surface area (Å²) < 4.78 is 26.3. The number of unbranched alkanes of at least 4 members (excludes halogenated alkanes) is 3. The molecule has 0 unspecified atom stereocenters. The van der Waals surface area contributed by atoms with Gasteiger partial charge in [-0.3, -0.25) is 0 Å². The van der Waals surface area contributed by atoms with Gasteiger partial charge in [0.15, 0.2) is 0 Å². The van der Waals surface area contributed by atoms with Gasteiger partial charge in [0, 0.05) is 6.54 Å². The lowest BCUT2D eigenvalue weighted by Gasteiger charge is -2.22. The first-order valence-electron chi connectivity index (χ1n) is 6.82. The lowest BCUT2D eigenvalue weighted by atomic mass is 10.0. The molecule has 2 N–H and O–H groups in total. The van der Waals surface area contributed by atoms with Gasteiger partial charge in [0.1, 0.15) is 0 Å². The molecule has 1 saturated heterocycles. The maximum atomic E-state index is 11.8. The smallest absolute Gasteiger partial charge is 0.211 e. The molecule has 4 nitrogen and oxygen atoms in total. The van der Waals surface area contributed by atoms with E-state index in [4.69, 9.17) is 0 Å². The van der Waals surface area contributed by atoms with Crippen molar-refractivity contribution in [3.05, 3.63) is 0 Å². The van der Waals surface area contributed by atoms with Crippen LogP contribution >= 0.6 is 0 Å². The highest BCUT2D eigenvalue weighted by Crippen LogP contribution is 2.13.